The van der Waals surface area contributed by atoms with Crippen molar-refractivity contribution in [3.8, 4) is 0 Å². The van der Waals surface area contributed by atoms with Crippen LogP contribution in [0, 0.1) is 6.92 Å². The Kier molecular flexibility index (Phi) is 4.62. The molecule has 0 aliphatic carbocycles. The first kappa shape index (κ1) is 16.6. The molecule has 24 heavy (non-hydrogen) atoms. The molecule has 0 bridgehead atoms. The minimum atomic E-state index is -0.0112. The Labute approximate surface area is 146 Å². The molecule has 4 nitrogen and oxygen atoms in total. The number of aryl methyl sites for hydroxylation is 2. The highest BCUT2D eigenvalue weighted by Gasteiger charge is 2.22. The van der Waals surface area contributed by atoms with Gasteiger partial charge in [-0.2, -0.15) is 0 Å². The fourth-order valence-electron chi connectivity index (χ4n) is 2.79. The van der Waals surface area contributed by atoms with Crippen LogP contribution in [-0.2, 0) is 6.42 Å². The molecule has 1 aromatic carbocycles. The van der Waals surface area contributed by atoms with Crippen LogP contribution in [0.1, 0.15) is 46.4 Å². The zero-order chi connectivity index (χ0) is 17.3. The van der Waals surface area contributed by atoms with Gasteiger partial charge in [0, 0.05) is 29.2 Å². The number of benzene rings is 1. The molecule has 124 valence electrons. The van der Waals surface area contributed by atoms with Gasteiger partial charge in [0.1, 0.15) is 0 Å². The van der Waals surface area contributed by atoms with Crippen molar-refractivity contribution in [1.29, 1.82) is 0 Å². The fourth-order valence-corrected chi connectivity index (χ4v) is 3.51. The lowest BCUT2D eigenvalue weighted by Gasteiger charge is -2.24. The Hall–Kier alpha value is -2.27. The molecule has 0 saturated heterocycles. The van der Waals surface area contributed by atoms with Crippen molar-refractivity contribution in [2.75, 3.05) is 7.05 Å². The molecule has 0 spiro atoms. The third-order valence-electron chi connectivity index (χ3n) is 4.40. The van der Waals surface area contributed by atoms with Crippen molar-refractivity contribution >= 4 is 28.1 Å². The van der Waals surface area contributed by atoms with E-state index in [4.69, 9.17) is 0 Å². The lowest BCUT2D eigenvalue weighted by atomic mass is 10.0. The third-order valence-corrected chi connectivity index (χ3v) is 5.35. The summed E-state index contributed by atoms with van der Waals surface area (Å²) in [6.07, 6.45) is 2.76. The summed E-state index contributed by atoms with van der Waals surface area (Å²) in [7, 11) is 1.85. The minimum absolute atomic E-state index is 0.0112. The fraction of sp³-hybridized carbons (Fsp3) is 0.316. The smallest absolute Gasteiger partial charge is 0.254 e. The van der Waals surface area contributed by atoms with Gasteiger partial charge in [-0.25, -0.2) is 0 Å². The van der Waals surface area contributed by atoms with E-state index >= 15 is 0 Å². The Balaban J connectivity index is 2.05. The van der Waals surface area contributed by atoms with Crippen molar-refractivity contribution in [3.05, 3.63) is 57.7 Å². The molecule has 0 unspecified atom stereocenters. The zero-order valence-electron chi connectivity index (χ0n) is 14.4. The van der Waals surface area contributed by atoms with Crippen LogP contribution in [-0.4, -0.2) is 27.8 Å². The summed E-state index contributed by atoms with van der Waals surface area (Å²) in [5.41, 5.74) is 5.44. The summed E-state index contributed by atoms with van der Waals surface area (Å²) in [6.45, 7) is 6.07. The maximum atomic E-state index is 13.1. The Morgan fingerprint density at radius 2 is 2.12 bits per heavy atom. The number of carbonyl (C=O) groups is 1. The number of hydrogen-bond donors (Lipinski definition) is 0. The highest BCUT2D eigenvalue weighted by atomic mass is 32.1. The third kappa shape index (κ3) is 3.04. The second-order valence-corrected chi connectivity index (χ2v) is 6.93. The molecule has 1 atom stereocenters. The van der Waals surface area contributed by atoms with Crippen molar-refractivity contribution < 1.29 is 4.79 Å². The standard InChI is InChI=1S/C19H21N3OS/c1-5-14-6-7-17-15(9-14)16(8-12(2)21-17)19(23)22(4)13(3)18-10-20-11-24-18/h6-11,13H,5H2,1-4H3/t13-/m0/s1. The molecule has 0 fully saturated rings. The van der Waals surface area contributed by atoms with Gasteiger partial charge in [0.15, 0.2) is 0 Å². The van der Waals surface area contributed by atoms with Crippen LogP contribution in [0.2, 0.25) is 0 Å². The van der Waals surface area contributed by atoms with Gasteiger partial charge >= 0.3 is 0 Å². The quantitative estimate of drug-likeness (QED) is 0.708. The van der Waals surface area contributed by atoms with E-state index in [1.807, 2.05) is 39.2 Å². The van der Waals surface area contributed by atoms with Gasteiger partial charge in [0.2, 0.25) is 0 Å². The SMILES string of the molecule is CCc1ccc2nc(C)cc(C(=O)N(C)[C@@H](C)c3cncs3)c2c1. The van der Waals surface area contributed by atoms with Gasteiger partial charge in [-0.15, -0.1) is 11.3 Å². The number of fused-ring (bicyclic) bond motifs is 1. The first-order valence-electron chi connectivity index (χ1n) is 8.07. The lowest BCUT2D eigenvalue weighted by Crippen LogP contribution is -2.29. The average Bonchev–Trinajstić information content (AvgIpc) is 3.13. The molecule has 2 heterocycles. The minimum Gasteiger partial charge on any atom is -0.334 e. The van der Waals surface area contributed by atoms with Gasteiger partial charge < -0.3 is 4.90 Å². The van der Waals surface area contributed by atoms with Crippen molar-refractivity contribution in [2.45, 2.75) is 33.2 Å². The number of rotatable bonds is 4. The molecule has 2 aromatic heterocycles. The molecule has 0 aliphatic heterocycles. The van der Waals surface area contributed by atoms with Crippen molar-refractivity contribution in [2.24, 2.45) is 0 Å². The maximum absolute atomic E-state index is 13.1. The van der Waals surface area contributed by atoms with E-state index in [0.717, 1.165) is 27.9 Å². The number of amides is 1. The van der Waals surface area contributed by atoms with Crippen LogP contribution < -0.4 is 0 Å². The van der Waals surface area contributed by atoms with Crippen LogP contribution >= 0.6 is 11.3 Å². The number of pyridine rings is 1. The van der Waals surface area contributed by atoms with Crippen LogP contribution in [0.5, 0.6) is 0 Å². The van der Waals surface area contributed by atoms with Gasteiger partial charge in [0.25, 0.3) is 5.91 Å². The van der Waals surface area contributed by atoms with Crippen LogP contribution in [0.25, 0.3) is 10.9 Å². The van der Waals surface area contributed by atoms with Gasteiger partial charge in [0.05, 0.1) is 22.6 Å². The van der Waals surface area contributed by atoms with E-state index in [1.54, 1.807) is 21.7 Å². The van der Waals surface area contributed by atoms with Crippen molar-refractivity contribution in [3.63, 3.8) is 0 Å². The summed E-state index contributed by atoms with van der Waals surface area (Å²) in [5.74, 6) is 0.0136. The van der Waals surface area contributed by atoms with Gasteiger partial charge in [-0.1, -0.05) is 13.0 Å². The molecule has 5 heteroatoms. The normalized spacial score (nSPS) is 12.3. The van der Waals surface area contributed by atoms with E-state index in [9.17, 15) is 4.79 Å². The molecule has 1 amide bonds. The first-order valence-corrected chi connectivity index (χ1v) is 8.95. The second kappa shape index (κ2) is 6.69. The monoisotopic (exact) mass is 339 g/mol. The predicted molar refractivity (Wildman–Crippen MR) is 98.5 cm³/mol. The largest absolute Gasteiger partial charge is 0.334 e. The number of hydrogen-bond acceptors (Lipinski definition) is 4. The number of nitrogens with zero attached hydrogens (tertiary/aromatic N) is 3. The number of carbonyl (C=O) groups excluding carboxylic acids is 1. The molecular weight excluding hydrogens is 318 g/mol. The molecule has 0 aliphatic rings. The van der Waals surface area contributed by atoms with E-state index in [2.05, 4.69) is 29.0 Å². The van der Waals surface area contributed by atoms with E-state index in [1.165, 1.54) is 5.56 Å². The molecule has 0 radical (unpaired) electrons. The lowest BCUT2D eigenvalue weighted by molar-refractivity contribution is 0.0746. The highest BCUT2D eigenvalue weighted by Crippen LogP contribution is 2.27. The van der Waals surface area contributed by atoms with Crippen LogP contribution in [0.3, 0.4) is 0 Å². The Bertz CT molecular complexity index is 874. The second-order valence-electron chi connectivity index (χ2n) is 6.01. The van der Waals surface area contributed by atoms with Gasteiger partial charge in [-0.05, 0) is 44.0 Å². The van der Waals surface area contributed by atoms with E-state index in [0.29, 0.717) is 5.56 Å². The molecule has 0 saturated carbocycles. The Morgan fingerprint density at radius 1 is 1.33 bits per heavy atom. The summed E-state index contributed by atoms with van der Waals surface area (Å²) in [6, 6.07) is 8.04. The maximum Gasteiger partial charge on any atom is 0.254 e. The topological polar surface area (TPSA) is 46.1 Å². The Morgan fingerprint density at radius 3 is 2.79 bits per heavy atom. The van der Waals surface area contributed by atoms with Crippen LogP contribution in [0.4, 0.5) is 0 Å². The summed E-state index contributed by atoms with van der Waals surface area (Å²) in [5, 5.41) is 0.924. The summed E-state index contributed by atoms with van der Waals surface area (Å²) < 4.78 is 0. The van der Waals surface area contributed by atoms with E-state index < -0.39 is 0 Å². The van der Waals surface area contributed by atoms with Gasteiger partial charge in [-0.3, -0.25) is 14.8 Å². The number of thiazole rings is 1. The zero-order valence-corrected chi connectivity index (χ0v) is 15.2. The number of aromatic nitrogens is 2. The molecular formula is C19H21N3OS. The predicted octanol–water partition coefficient (Wildman–Crippen LogP) is 4.40. The first-order chi connectivity index (χ1) is 11.5. The van der Waals surface area contributed by atoms with E-state index in [-0.39, 0.29) is 11.9 Å². The highest BCUT2D eigenvalue weighted by molar-refractivity contribution is 7.09. The molecule has 0 N–H and O–H groups in total. The van der Waals surface area contributed by atoms with Crippen molar-refractivity contribution in [1.82, 2.24) is 14.9 Å². The molecule has 3 rings (SSSR count). The average molecular weight is 339 g/mol. The summed E-state index contributed by atoms with van der Waals surface area (Å²) >= 11 is 1.57. The summed E-state index contributed by atoms with van der Waals surface area (Å²) in [4.78, 5) is 24.7. The molecule has 3 aromatic rings. The van der Waals surface area contributed by atoms with Crippen LogP contribution in [0.15, 0.2) is 36.0 Å².